The largest absolute Gasteiger partial charge is 0.394 e. The lowest BCUT2D eigenvalue weighted by Gasteiger charge is -2.19. The summed E-state index contributed by atoms with van der Waals surface area (Å²) in [4.78, 5) is 12.4. The minimum atomic E-state index is -0.865. The molecular weight excluding hydrogens is 723 g/mol. The van der Waals surface area contributed by atoms with Crippen LogP contribution in [0, 0.1) is 0 Å². The molecular formula is C55H103NO3. The van der Waals surface area contributed by atoms with Crippen molar-refractivity contribution in [3.8, 4) is 0 Å². The fourth-order valence-corrected chi connectivity index (χ4v) is 7.99. The van der Waals surface area contributed by atoms with E-state index in [2.05, 4.69) is 55.6 Å². The van der Waals surface area contributed by atoms with E-state index in [0.29, 0.717) is 6.42 Å². The lowest BCUT2D eigenvalue weighted by atomic mass is 10.0. The maximum atomic E-state index is 12.4. The van der Waals surface area contributed by atoms with Crippen LogP contribution >= 0.6 is 0 Å². The van der Waals surface area contributed by atoms with Crippen molar-refractivity contribution in [2.45, 2.75) is 289 Å². The van der Waals surface area contributed by atoms with Gasteiger partial charge in [-0.15, -0.1) is 0 Å². The number of allylic oxidation sites excluding steroid dienone is 7. The average Bonchev–Trinajstić information content (AvgIpc) is 3.24. The summed E-state index contributed by atoms with van der Waals surface area (Å²) >= 11 is 0. The first kappa shape index (κ1) is 57.3. The number of rotatable bonds is 48. The molecule has 0 rings (SSSR count). The van der Waals surface area contributed by atoms with Crippen molar-refractivity contribution < 1.29 is 15.0 Å². The lowest BCUT2D eigenvalue weighted by Crippen LogP contribution is -2.45. The molecule has 0 spiro atoms. The molecule has 2 atom stereocenters. The quantitative estimate of drug-likeness (QED) is 0.0423. The number of carbonyl (C=O) groups excluding carboxylic acids is 1. The summed E-state index contributed by atoms with van der Waals surface area (Å²) in [7, 11) is 0. The zero-order valence-electron chi connectivity index (χ0n) is 39.8. The Bertz CT molecular complexity index is 939. The minimum absolute atomic E-state index is 0.0762. The van der Waals surface area contributed by atoms with E-state index in [-0.39, 0.29) is 12.5 Å². The SMILES string of the molecule is CCCCCCCCCCC/C=C\C/C=C\CCCCCCCCCCCC(=O)NC(CO)C(O)/C=C/CC/C=C/CCCCCCCCCCCCCCCCCC. The van der Waals surface area contributed by atoms with Gasteiger partial charge in [0, 0.05) is 6.42 Å². The van der Waals surface area contributed by atoms with Crippen LogP contribution in [0.15, 0.2) is 48.6 Å². The Kier molecular flexibility index (Phi) is 49.3. The summed E-state index contributed by atoms with van der Waals surface area (Å²) in [5.74, 6) is -0.0762. The maximum Gasteiger partial charge on any atom is 0.220 e. The maximum absolute atomic E-state index is 12.4. The van der Waals surface area contributed by atoms with Crippen molar-refractivity contribution in [3.63, 3.8) is 0 Å². The predicted octanol–water partition coefficient (Wildman–Crippen LogP) is 17.1. The van der Waals surface area contributed by atoms with Crippen LogP contribution in [0.3, 0.4) is 0 Å². The Morgan fingerprint density at radius 2 is 0.712 bits per heavy atom. The van der Waals surface area contributed by atoms with Crippen molar-refractivity contribution in [3.05, 3.63) is 48.6 Å². The number of nitrogens with one attached hydrogen (secondary N) is 1. The van der Waals surface area contributed by atoms with Gasteiger partial charge in [-0.1, -0.05) is 255 Å². The van der Waals surface area contributed by atoms with Gasteiger partial charge in [0.05, 0.1) is 18.8 Å². The van der Waals surface area contributed by atoms with Gasteiger partial charge in [0.15, 0.2) is 0 Å². The number of carbonyl (C=O) groups is 1. The van der Waals surface area contributed by atoms with Crippen molar-refractivity contribution in [1.29, 1.82) is 0 Å². The fourth-order valence-electron chi connectivity index (χ4n) is 7.99. The van der Waals surface area contributed by atoms with Gasteiger partial charge in [0.2, 0.25) is 5.91 Å². The first-order valence-electron chi connectivity index (χ1n) is 26.4. The molecule has 4 nitrogen and oxygen atoms in total. The molecule has 1 amide bonds. The van der Waals surface area contributed by atoms with E-state index in [1.54, 1.807) is 6.08 Å². The molecule has 346 valence electrons. The Labute approximate surface area is 369 Å². The fraction of sp³-hybridized carbons (Fsp3) is 0.836. The first-order valence-corrected chi connectivity index (χ1v) is 26.4. The van der Waals surface area contributed by atoms with E-state index < -0.39 is 12.1 Å². The number of unbranched alkanes of at least 4 members (excludes halogenated alkanes) is 35. The highest BCUT2D eigenvalue weighted by Gasteiger charge is 2.17. The van der Waals surface area contributed by atoms with E-state index in [1.807, 2.05) is 6.08 Å². The second-order valence-corrected chi connectivity index (χ2v) is 17.9. The van der Waals surface area contributed by atoms with Crippen molar-refractivity contribution in [2.24, 2.45) is 0 Å². The summed E-state index contributed by atoms with van der Waals surface area (Å²) in [6.45, 7) is 4.32. The van der Waals surface area contributed by atoms with Gasteiger partial charge in [-0.25, -0.2) is 0 Å². The molecule has 0 bridgehead atoms. The van der Waals surface area contributed by atoms with E-state index in [1.165, 1.54) is 218 Å². The molecule has 2 unspecified atom stereocenters. The van der Waals surface area contributed by atoms with Crippen LogP contribution in [0.5, 0.6) is 0 Å². The minimum Gasteiger partial charge on any atom is -0.394 e. The standard InChI is InChI=1S/C55H103NO3/c1-3-5-7-9-11-13-15-17-19-21-23-25-27-28-29-31-33-35-37-39-41-43-45-47-49-51-55(59)56-53(52-57)54(58)50-48-46-44-42-40-38-36-34-32-30-26-24-22-20-18-16-14-12-10-8-6-4-2/h23,25,28-29,40,42,48,50,53-54,57-58H,3-22,24,26-27,30-39,41,43-47,49,51-52H2,1-2H3,(H,56,59)/b25-23-,29-28-,42-40+,50-48+. The molecule has 0 saturated carbocycles. The molecule has 0 radical (unpaired) electrons. The van der Waals surface area contributed by atoms with E-state index in [9.17, 15) is 15.0 Å². The van der Waals surface area contributed by atoms with Crippen LogP contribution in [-0.4, -0.2) is 34.9 Å². The van der Waals surface area contributed by atoms with Gasteiger partial charge in [0.25, 0.3) is 0 Å². The number of hydrogen-bond donors (Lipinski definition) is 3. The molecule has 0 heterocycles. The predicted molar refractivity (Wildman–Crippen MR) is 262 cm³/mol. The van der Waals surface area contributed by atoms with E-state index in [4.69, 9.17) is 0 Å². The summed E-state index contributed by atoms with van der Waals surface area (Å²) in [5, 5.41) is 23.1. The second-order valence-electron chi connectivity index (χ2n) is 17.9. The third-order valence-corrected chi connectivity index (χ3v) is 12.0. The summed E-state index contributed by atoms with van der Waals surface area (Å²) in [6.07, 6.45) is 69.7. The Balaban J connectivity index is 3.57. The van der Waals surface area contributed by atoms with Gasteiger partial charge < -0.3 is 15.5 Å². The third-order valence-electron chi connectivity index (χ3n) is 12.0. The van der Waals surface area contributed by atoms with Crippen molar-refractivity contribution >= 4 is 5.91 Å². The van der Waals surface area contributed by atoms with Crippen molar-refractivity contribution in [2.75, 3.05) is 6.61 Å². The first-order chi connectivity index (χ1) is 29.2. The number of amides is 1. The molecule has 0 aromatic rings. The Morgan fingerprint density at radius 1 is 0.407 bits per heavy atom. The van der Waals surface area contributed by atoms with Crippen molar-refractivity contribution in [1.82, 2.24) is 5.32 Å². The van der Waals surface area contributed by atoms with Crippen LogP contribution in [0.2, 0.25) is 0 Å². The average molecular weight is 826 g/mol. The Morgan fingerprint density at radius 3 is 1.08 bits per heavy atom. The zero-order valence-corrected chi connectivity index (χ0v) is 39.8. The number of aliphatic hydroxyl groups is 2. The van der Waals surface area contributed by atoms with Gasteiger partial charge in [0.1, 0.15) is 0 Å². The highest BCUT2D eigenvalue weighted by atomic mass is 16.3. The van der Waals surface area contributed by atoms with Crippen LogP contribution in [-0.2, 0) is 4.79 Å². The van der Waals surface area contributed by atoms with Gasteiger partial charge in [-0.05, 0) is 64.2 Å². The molecule has 59 heavy (non-hydrogen) atoms. The van der Waals surface area contributed by atoms with Gasteiger partial charge in [-0.3, -0.25) is 4.79 Å². The number of hydrogen-bond acceptors (Lipinski definition) is 3. The summed E-state index contributed by atoms with van der Waals surface area (Å²) < 4.78 is 0. The third kappa shape index (κ3) is 47.3. The lowest BCUT2D eigenvalue weighted by molar-refractivity contribution is -0.123. The van der Waals surface area contributed by atoms with E-state index in [0.717, 1.165) is 38.5 Å². The van der Waals surface area contributed by atoms with E-state index >= 15 is 0 Å². The molecule has 4 heteroatoms. The molecule has 0 aromatic carbocycles. The molecule has 0 fully saturated rings. The smallest absolute Gasteiger partial charge is 0.220 e. The zero-order chi connectivity index (χ0) is 42.8. The van der Waals surface area contributed by atoms with Crippen LogP contribution in [0.4, 0.5) is 0 Å². The topological polar surface area (TPSA) is 69.6 Å². The van der Waals surface area contributed by atoms with Crippen LogP contribution in [0.1, 0.15) is 277 Å². The normalized spacial score (nSPS) is 13.2. The Hall–Kier alpha value is -1.65. The van der Waals surface area contributed by atoms with Gasteiger partial charge in [-0.2, -0.15) is 0 Å². The molecule has 0 aliphatic carbocycles. The number of aliphatic hydroxyl groups excluding tert-OH is 2. The molecule has 0 saturated heterocycles. The summed E-state index contributed by atoms with van der Waals surface area (Å²) in [5.41, 5.74) is 0. The highest BCUT2D eigenvalue weighted by Crippen LogP contribution is 2.16. The second kappa shape index (κ2) is 50.7. The monoisotopic (exact) mass is 826 g/mol. The van der Waals surface area contributed by atoms with Crippen LogP contribution < -0.4 is 5.32 Å². The summed E-state index contributed by atoms with van der Waals surface area (Å²) in [6, 6.07) is -0.643. The molecule has 0 aliphatic rings. The highest BCUT2D eigenvalue weighted by molar-refractivity contribution is 5.76. The molecule has 0 aromatic heterocycles. The molecule has 0 aliphatic heterocycles. The molecule has 3 N–H and O–H groups in total. The van der Waals surface area contributed by atoms with Crippen LogP contribution in [0.25, 0.3) is 0 Å². The van der Waals surface area contributed by atoms with Gasteiger partial charge >= 0.3 is 0 Å².